The van der Waals surface area contributed by atoms with E-state index in [0.717, 1.165) is 0 Å². The quantitative estimate of drug-likeness (QED) is 0.687. The Morgan fingerprint density at radius 2 is 1.64 bits per heavy atom. The summed E-state index contributed by atoms with van der Waals surface area (Å²) in [5.74, 6) is -5.24. The van der Waals surface area contributed by atoms with E-state index in [4.69, 9.17) is 0 Å². The number of carboxylic acids is 1. The molecule has 9 heteroatoms. The molecule has 0 saturated carbocycles. The van der Waals surface area contributed by atoms with Crippen LogP contribution in [-0.2, 0) is 20.8 Å². The number of benzene rings is 1. The predicted octanol–water partition coefficient (Wildman–Crippen LogP) is 1.50. The Kier molecular flexibility index (Phi) is 6.96. The highest BCUT2D eigenvalue weighted by Gasteiger charge is 2.41. The molecule has 0 fully saturated rings. The van der Waals surface area contributed by atoms with Gasteiger partial charge in [-0.15, -0.1) is 0 Å². The second-order valence-electron chi connectivity index (χ2n) is 5.78. The number of carboxylic acid groups (broad SMARTS) is 1. The van der Waals surface area contributed by atoms with Crippen molar-refractivity contribution in [1.82, 2.24) is 10.6 Å². The lowest BCUT2D eigenvalue weighted by atomic mass is 10.0. The number of amides is 2. The van der Waals surface area contributed by atoms with Gasteiger partial charge >= 0.3 is 18.1 Å². The van der Waals surface area contributed by atoms with Crippen LogP contribution < -0.4 is 10.6 Å². The molecule has 2 amide bonds. The standard InChI is InChI=1S/C16H19F3N2O4/c1-9(2)12(21-15(25)16(17,18)19)13(22)20-11(14(23)24)8-10-6-4-3-5-7-10/h3-7,9,11-12H,8H2,1-2H3,(H,20,22)(H,21,25)(H,23,24)/t11-,12-/m0/s1. The number of nitrogens with one attached hydrogen (secondary N) is 2. The Morgan fingerprint density at radius 1 is 1.08 bits per heavy atom. The average Bonchev–Trinajstić information content (AvgIpc) is 2.51. The number of hydrogen-bond donors (Lipinski definition) is 3. The first-order valence-electron chi connectivity index (χ1n) is 7.47. The van der Waals surface area contributed by atoms with E-state index in [0.29, 0.717) is 5.56 Å². The van der Waals surface area contributed by atoms with E-state index in [1.165, 1.54) is 13.8 Å². The Morgan fingerprint density at radius 3 is 2.08 bits per heavy atom. The molecule has 138 valence electrons. The molecule has 0 spiro atoms. The maximum absolute atomic E-state index is 12.4. The molecular formula is C16H19F3N2O4. The second kappa shape index (κ2) is 8.50. The Balaban J connectivity index is 2.85. The third-order valence-corrected chi connectivity index (χ3v) is 3.39. The van der Waals surface area contributed by atoms with Crippen LogP contribution in [0.5, 0.6) is 0 Å². The van der Waals surface area contributed by atoms with Crippen LogP contribution in [0, 0.1) is 5.92 Å². The van der Waals surface area contributed by atoms with Crippen molar-refractivity contribution in [2.45, 2.75) is 38.5 Å². The van der Waals surface area contributed by atoms with Crippen molar-refractivity contribution in [1.29, 1.82) is 0 Å². The summed E-state index contributed by atoms with van der Waals surface area (Å²) in [5.41, 5.74) is 0.635. The fraction of sp³-hybridized carbons (Fsp3) is 0.438. The number of carbonyl (C=O) groups is 3. The van der Waals surface area contributed by atoms with E-state index in [-0.39, 0.29) is 6.42 Å². The van der Waals surface area contributed by atoms with Crippen molar-refractivity contribution in [3.05, 3.63) is 35.9 Å². The molecule has 0 aliphatic heterocycles. The Bertz CT molecular complexity index is 618. The summed E-state index contributed by atoms with van der Waals surface area (Å²) in [4.78, 5) is 34.6. The van der Waals surface area contributed by atoms with Gasteiger partial charge in [0.05, 0.1) is 0 Å². The van der Waals surface area contributed by atoms with E-state index in [2.05, 4.69) is 5.32 Å². The van der Waals surface area contributed by atoms with Crippen LogP contribution in [-0.4, -0.2) is 41.2 Å². The molecule has 25 heavy (non-hydrogen) atoms. The van der Waals surface area contributed by atoms with Crippen LogP contribution in [0.25, 0.3) is 0 Å². The van der Waals surface area contributed by atoms with E-state index >= 15 is 0 Å². The molecule has 1 aromatic rings. The molecule has 3 N–H and O–H groups in total. The van der Waals surface area contributed by atoms with Gasteiger partial charge in [-0.3, -0.25) is 9.59 Å². The van der Waals surface area contributed by atoms with Crippen LogP contribution in [0.4, 0.5) is 13.2 Å². The van der Waals surface area contributed by atoms with Gasteiger partial charge in [0.25, 0.3) is 0 Å². The zero-order valence-electron chi connectivity index (χ0n) is 13.6. The molecule has 1 aromatic carbocycles. The lowest BCUT2D eigenvalue weighted by Crippen LogP contribution is -2.56. The molecule has 0 bridgehead atoms. The number of hydrogen-bond acceptors (Lipinski definition) is 3. The molecule has 0 aliphatic carbocycles. The summed E-state index contributed by atoms with van der Waals surface area (Å²) in [6.45, 7) is 2.88. The van der Waals surface area contributed by atoms with Crippen molar-refractivity contribution >= 4 is 17.8 Å². The van der Waals surface area contributed by atoms with Crippen LogP contribution in [0.2, 0.25) is 0 Å². The number of halogens is 3. The first-order chi connectivity index (χ1) is 11.5. The minimum atomic E-state index is -5.14. The van der Waals surface area contributed by atoms with E-state index in [1.54, 1.807) is 35.6 Å². The normalized spacial score (nSPS) is 13.8. The highest BCUT2D eigenvalue weighted by molar-refractivity contribution is 5.92. The third kappa shape index (κ3) is 6.44. The van der Waals surface area contributed by atoms with Crippen molar-refractivity contribution in [2.75, 3.05) is 0 Å². The largest absolute Gasteiger partial charge is 0.480 e. The molecule has 0 aliphatic rings. The van der Waals surface area contributed by atoms with E-state index < -0.39 is 42.0 Å². The van der Waals surface area contributed by atoms with Gasteiger partial charge < -0.3 is 15.7 Å². The van der Waals surface area contributed by atoms with Crippen LogP contribution in [0.1, 0.15) is 19.4 Å². The number of rotatable bonds is 7. The molecule has 0 radical (unpaired) electrons. The monoisotopic (exact) mass is 360 g/mol. The van der Waals surface area contributed by atoms with Gasteiger partial charge in [-0.2, -0.15) is 13.2 Å². The van der Waals surface area contributed by atoms with Crippen LogP contribution >= 0.6 is 0 Å². The fourth-order valence-corrected chi connectivity index (χ4v) is 2.07. The molecule has 0 unspecified atom stereocenters. The fourth-order valence-electron chi connectivity index (χ4n) is 2.07. The van der Waals surface area contributed by atoms with Crippen molar-refractivity contribution < 1.29 is 32.7 Å². The lowest BCUT2D eigenvalue weighted by Gasteiger charge is -2.24. The highest BCUT2D eigenvalue weighted by atomic mass is 19.4. The summed E-state index contributed by atoms with van der Waals surface area (Å²) in [7, 11) is 0. The number of alkyl halides is 3. The summed E-state index contributed by atoms with van der Waals surface area (Å²) >= 11 is 0. The topological polar surface area (TPSA) is 95.5 Å². The van der Waals surface area contributed by atoms with Crippen molar-refractivity contribution in [3.63, 3.8) is 0 Å². The smallest absolute Gasteiger partial charge is 0.471 e. The van der Waals surface area contributed by atoms with Crippen molar-refractivity contribution in [2.24, 2.45) is 5.92 Å². The maximum Gasteiger partial charge on any atom is 0.471 e. The first kappa shape index (κ1) is 20.5. The maximum atomic E-state index is 12.4. The summed E-state index contributed by atoms with van der Waals surface area (Å²) in [6.07, 6.45) is -5.18. The Labute approximate surface area is 142 Å². The summed E-state index contributed by atoms with van der Waals surface area (Å²) in [6, 6.07) is 5.60. The first-order valence-corrected chi connectivity index (χ1v) is 7.47. The summed E-state index contributed by atoms with van der Waals surface area (Å²) in [5, 5.41) is 13.0. The van der Waals surface area contributed by atoms with Gasteiger partial charge in [0.15, 0.2) is 0 Å². The molecule has 0 saturated heterocycles. The SMILES string of the molecule is CC(C)[C@H](NC(=O)C(F)(F)F)C(=O)N[C@@H](Cc1ccccc1)C(=O)O. The van der Waals surface area contributed by atoms with Crippen molar-refractivity contribution in [3.8, 4) is 0 Å². The van der Waals surface area contributed by atoms with Gasteiger partial charge in [-0.05, 0) is 11.5 Å². The average molecular weight is 360 g/mol. The van der Waals surface area contributed by atoms with Gasteiger partial charge in [-0.25, -0.2) is 4.79 Å². The van der Waals surface area contributed by atoms with Gasteiger partial charge in [0.1, 0.15) is 12.1 Å². The van der Waals surface area contributed by atoms with E-state index in [1.807, 2.05) is 0 Å². The molecule has 2 atom stereocenters. The number of carbonyl (C=O) groups excluding carboxylic acids is 2. The minimum absolute atomic E-state index is 0.0417. The highest BCUT2D eigenvalue weighted by Crippen LogP contribution is 2.16. The third-order valence-electron chi connectivity index (χ3n) is 3.39. The van der Waals surface area contributed by atoms with Gasteiger partial charge in [-0.1, -0.05) is 44.2 Å². The molecule has 6 nitrogen and oxygen atoms in total. The molecular weight excluding hydrogens is 341 g/mol. The van der Waals surface area contributed by atoms with E-state index in [9.17, 15) is 32.7 Å². The van der Waals surface area contributed by atoms with Gasteiger partial charge in [0.2, 0.25) is 5.91 Å². The summed E-state index contributed by atoms with van der Waals surface area (Å²) < 4.78 is 37.1. The van der Waals surface area contributed by atoms with Crippen LogP contribution in [0.15, 0.2) is 30.3 Å². The second-order valence-corrected chi connectivity index (χ2v) is 5.78. The van der Waals surface area contributed by atoms with Gasteiger partial charge in [0, 0.05) is 6.42 Å². The Hall–Kier alpha value is -2.58. The molecule has 1 rings (SSSR count). The predicted molar refractivity (Wildman–Crippen MR) is 82.5 cm³/mol. The zero-order valence-corrected chi connectivity index (χ0v) is 13.6. The lowest BCUT2D eigenvalue weighted by molar-refractivity contribution is -0.175. The minimum Gasteiger partial charge on any atom is -0.480 e. The molecule has 0 aromatic heterocycles. The zero-order chi connectivity index (χ0) is 19.2. The number of aliphatic carboxylic acids is 1. The van der Waals surface area contributed by atoms with Crippen LogP contribution in [0.3, 0.4) is 0 Å². The molecule has 0 heterocycles.